The fraction of sp³-hybridized carbons (Fsp3) is 0.571. The first kappa shape index (κ1) is 18.1. The average molecular weight is 315 g/mol. The Morgan fingerprint density at radius 3 is 2.55 bits per heavy atom. The molecule has 0 fully saturated rings. The van der Waals surface area contributed by atoms with Gasteiger partial charge in [0.2, 0.25) is 11.7 Å². The highest BCUT2D eigenvalue weighted by Gasteiger charge is 2.42. The summed E-state index contributed by atoms with van der Waals surface area (Å²) in [7, 11) is 0. The zero-order valence-corrected chi connectivity index (χ0v) is 12.3. The summed E-state index contributed by atoms with van der Waals surface area (Å²) in [5.41, 5.74) is 0. The van der Waals surface area contributed by atoms with Gasteiger partial charge in [-0.15, -0.1) is 0 Å². The highest BCUT2D eigenvalue weighted by molar-refractivity contribution is 5.84. The van der Waals surface area contributed by atoms with E-state index in [1.807, 2.05) is 0 Å². The second-order valence-electron chi connectivity index (χ2n) is 4.99. The molecule has 1 rings (SSSR count). The summed E-state index contributed by atoms with van der Waals surface area (Å²) >= 11 is 0. The molecule has 0 aromatic rings. The first-order chi connectivity index (χ1) is 10.3. The predicted octanol–water partition coefficient (Wildman–Crippen LogP) is -1.24. The lowest BCUT2D eigenvalue weighted by atomic mass is 9.87. The van der Waals surface area contributed by atoms with Crippen LogP contribution in [-0.4, -0.2) is 63.3 Å². The molecule has 1 aliphatic rings. The first-order valence-electron chi connectivity index (χ1n) is 6.80. The summed E-state index contributed by atoms with van der Waals surface area (Å²) in [4.78, 5) is 22.5. The number of aliphatic carboxylic acids is 1. The molecule has 0 aliphatic carbocycles. The maximum absolute atomic E-state index is 11.4. The molecular formula is C14H21NO7. The second kappa shape index (κ2) is 7.92. The number of ether oxygens (including phenoxy) is 1. The van der Waals surface area contributed by atoms with Crippen LogP contribution in [0.3, 0.4) is 0 Å². The SMILES string of the molecule is C/C=C/[C@H]1C=C(C(=O)O)O[C@@H]([C@H](O)[C@H](O)CO)[C@@H]1NC(C)=O. The zero-order valence-electron chi connectivity index (χ0n) is 12.3. The third kappa shape index (κ3) is 4.30. The average Bonchev–Trinajstić information content (AvgIpc) is 2.46. The van der Waals surface area contributed by atoms with Crippen molar-refractivity contribution in [1.29, 1.82) is 0 Å². The van der Waals surface area contributed by atoms with Gasteiger partial charge in [0.25, 0.3) is 0 Å². The molecule has 8 nitrogen and oxygen atoms in total. The van der Waals surface area contributed by atoms with Gasteiger partial charge in [-0.25, -0.2) is 4.79 Å². The Hall–Kier alpha value is -1.90. The fourth-order valence-electron chi connectivity index (χ4n) is 2.30. The zero-order chi connectivity index (χ0) is 16.9. The number of hydrogen-bond donors (Lipinski definition) is 5. The van der Waals surface area contributed by atoms with Crippen LogP contribution in [0, 0.1) is 5.92 Å². The molecule has 1 aliphatic heterocycles. The molecule has 22 heavy (non-hydrogen) atoms. The van der Waals surface area contributed by atoms with Crippen LogP contribution in [0.2, 0.25) is 0 Å². The van der Waals surface area contributed by atoms with Crippen molar-refractivity contribution in [3.05, 3.63) is 24.0 Å². The molecule has 0 saturated carbocycles. The number of amides is 1. The normalized spacial score (nSPS) is 27.7. The number of allylic oxidation sites excluding steroid dienone is 1. The molecule has 0 unspecified atom stereocenters. The Morgan fingerprint density at radius 2 is 2.09 bits per heavy atom. The molecule has 0 saturated heterocycles. The molecule has 5 atom stereocenters. The van der Waals surface area contributed by atoms with Gasteiger partial charge >= 0.3 is 5.97 Å². The van der Waals surface area contributed by atoms with Crippen molar-refractivity contribution in [3.8, 4) is 0 Å². The van der Waals surface area contributed by atoms with Crippen LogP contribution in [0.15, 0.2) is 24.0 Å². The number of rotatable bonds is 6. The summed E-state index contributed by atoms with van der Waals surface area (Å²) in [6, 6.07) is -0.784. The topological polar surface area (TPSA) is 136 Å². The van der Waals surface area contributed by atoms with Crippen LogP contribution >= 0.6 is 0 Å². The maximum Gasteiger partial charge on any atom is 0.370 e. The van der Waals surface area contributed by atoms with Gasteiger partial charge < -0.3 is 30.5 Å². The monoisotopic (exact) mass is 315 g/mol. The maximum atomic E-state index is 11.4. The summed E-state index contributed by atoms with van der Waals surface area (Å²) in [6.45, 7) is 2.27. The lowest BCUT2D eigenvalue weighted by Gasteiger charge is -2.39. The highest BCUT2D eigenvalue weighted by atomic mass is 16.5. The number of carbonyl (C=O) groups excluding carboxylic acids is 1. The predicted molar refractivity (Wildman–Crippen MR) is 75.6 cm³/mol. The van der Waals surface area contributed by atoms with E-state index in [1.54, 1.807) is 19.1 Å². The Labute approximate surface area is 127 Å². The van der Waals surface area contributed by atoms with Crippen molar-refractivity contribution in [2.75, 3.05) is 6.61 Å². The van der Waals surface area contributed by atoms with E-state index < -0.39 is 48.8 Å². The van der Waals surface area contributed by atoms with Gasteiger partial charge in [-0.3, -0.25) is 4.79 Å². The van der Waals surface area contributed by atoms with Gasteiger partial charge in [-0.05, 0) is 13.0 Å². The van der Waals surface area contributed by atoms with Crippen molar-refractivity contribution >= 4 is 11.9 Å². The fourth-order valence-corrected chi connectivity index (χ4v) is 2.30. The van der Waals surface area contributed by atoms with Gasteiger partial charge in [-0.2, -0.15) is 0 Å². The van der Waals surface area contributed by atoms with Crippen molar-refractivity contribution in [2.24, 2.45) is 5.92 Å². The largest absolute Gasteiger partial charge is 0.478 e. The molecule has 0 aromatic heterocycles. The second-order valence-corrected chi connectivity index (χ2v) is 4.99. The molecule has 1 heterocycles. The van der Waals surface area contributed by atoms with E-state index in [4.69, 9.17) is 14.9 Å². The summed E-state index contributed by atoms with van der Waals surface area (Å²) < 4.78 is 5.21. The lowest BCUT2D eigenvalue weighted by Crippen LogP contribution is -2.57. The van der Waals surface area contributed by atoms with Gasteiger partial charge in [0.15, 0.2) is 0 Å². The standard InChI is InChI=1S/C14H21NO7/c1-3-4-8-5-10(14(20)21)22-13(11(8)15-7(2)17)12(19)9(18)6-16/h3-5,8-9,11-13,16,18-19H,6H2,1-2H3,(H,15,17)(H,20,21)/b4-3+/t8-,9+,11+,12+,13+/m0/s1. The number of carboxylic acid groups (broad SMARTS) is 1. The minimum absolute atomic E-state index is 0.390. The minimum atomic E-state index is -1.57. The summed E-state index contributed by atoms with van der Waals surface area (Å²) in [6.07, 6.45) is 0.322. The van der Waals surface area contributed by atoms with E-state index in [1.165, 1.54) is 13.0 Å². The number of carbonyl (C=O) groups is 2. The van der Waals surface area contributed by atoms with Crippen molar-refractivity contribution in [1.82, 2.24) is 5.32 Å². The van der Waals surface area contributed by atoms with Crippen LogP contribution < -0.4 is 5.32 Å². The Kier molecular flexibility index (Phi) is 6.54. The molecule has 124 valence electrons. The van der Waals surface area contributed by atoms with Gasteiger partial charge in [0.1, 0.15) is 18.3 Å². The van der Waals surface area contributed by atoms with Crippen LogP contribution in [0.5, 0.6) is 0 Å². The van der Waals surface area contributed by atoms with E-state index >= 15 is 0 Å². The number of carboxylic acids is 1. The minimum Gasteiger partial charge on any atom is -0.478 e. The van der Waals surface area contributed by atoms with Gasteiger partial charge in [-0.1, -0.05) is 12.2 Å². The smallest absolute Gasteiger partial charge is 0.370 e. The van der Waals surface area contributed by atoms with Crippen LogP contribution in [0.4, 0.5) is 0 Å². The Balaban J connectivity index is 3.20. The van der Waals surface area contributed by atoms with Crippen molar-refractivity contribution < 1.29 is 34.8 Å². The van der Waals surface area contributed by atoms with Crippen molar-refractivity contribution in [3.63, 3.8) is 0 Å². The number of aliphatic hydroxyl groups excluding tert-OH is 3. The Bertz CT molecular complexity index is 474. The third-order valence-electron chi connectivity index (χ3n) is 3.29. The highest BCUT2D eigenvalue weighted by Crippen LogP contribution is 2.27. The molecule has 1 amide bonds. The van der Waals surface area contributed by atoms with Crippen LogP contribution in [0.25, 0.3) is 0 Å². The Morgan fingerprint density at radius 1 is 1.45 bits per heavy atom. The summed E-state index contributed by atoms with van der Waals surface area (Å²) in [5, 5.41) is 40.3. The molecule has 0 aromatic carbocycles. The van der Waals surface area contributed by atoms with Crippen LogP contribution in [0.1, 0.15) is 13.8 Å². The number of hydrogen-bond acceptors (Lipinski definition) is 6. The molecule has 0 spiro atoms. The van der Waals surface area contributed by atoms with E-state index in [9.17, 15) is 19.8 Å². The molecule has 8 heteroatoms. The molecule has 0 bridgehead atoms. The summed E-state index contributed by atoms with van der Waals surface area (Å²) in [5.74, 6) is -2.66. The molecular weight excluding hydrogens is 294 g/mol. The van der Waals surface area contributed by atoms with E-state index in [-0.39, 0.29) is 5.76 Å². The van der Waals surface area contributed by atoms with Crippen LogP contribution in [-0.2, 0) is 14.3 Å². The van der Waals surface area contributed by atoms with Gasteiger partial charge in [0, 0.05) is 12.8 Å². The quantitative estimate of drug-likeness (QED) is 0.387. The number of aliphatic hydroxyl groups is 3. The first-order valence-corrected chi connectivity index (χ1v) is 6.80. The third-order valence-corrected chi connectivity index (χ3v) is 3.29. The van der Waals surface area contributed by atoms with E-state index in [0.717, 1.165) is 0 Å². The molecule has 0 radical (unpaired) electrons. The van der Waals surface area contributed by atoms with E-state index in [0.29, 0.717) is 0 Å². The molecule has 5 N–H and O–H groups in total. The number of nitrogens with one attached hydrogen (secondary N) is 1. The van der Waals surface area contributed by atoms with Crippen molar-refractivity contribution in [2.45, 2.75) is 38.2 Å². The van der Waals surface area contributed by atoms with E-state index in [2.05, 4.69) is 5.32 Å². The lowest BCUT2D eigenvalue weighted by molar-refractivity contribution is -0.146. The van der Waals surface area contributed by atoms with Gasteiger partial charge in [0.05, 0.1) is 12.6 Å².